The molecule has 2 N–H and O–H groups in total. The maximum atomic E-state index is 13.3. The van der Waals surface area contributed by atoms with Crippen molar-refractivity contribution < 1.29 is 37.4 Å². The van der Waals surface area contributed by atoms with Crippen molar-refractivity contribution in [1.82, 2.24) is 24.9 Å². The topological polar surface area (TPSA) is 157 Å². The Hall–Kier alpha value is -4.66. The number of amides is 3. The fourth-order valence-electron chi connectivity index (χ4n) is 6.54. The standard InChI is InChI=1S/C36H40ClN5O8S/c37-28-11-9-27-19-30(12-10-26(27)18-28)51(48,49)21-32(43)36(47)40-16-13-29(14-17-40)42-23-41-22-39(20-31(41)35(42)46)24-50-33(44)8-4-5-15-38-34(45)25-6-2-1-3-7-25/h1-3,6-7,9-12,18-20,29,32,43H,4-5,8,13-17,21-24H2,(H,38,45)/t32-/m1/s1. The summed E-state index contributed by atoms with van der Waals surface area (Å²) in [5.41, 5.74) is 1.10. The van der Waals surface area contributed by atoms with Gasteiger partial charge in [-0.15, -0.1) is 0 Å². The van der Waals surface area contributed by atoms with Crippen LogP contribution in [0.25, 0.3) is 10.8 Å². The number of aliphatic hydroxyl groups is 1. The SMILES string of the molecule is O=C(CCCCNC(=O)c1ccccc1)OCN1C=C2C(=O)N(C3CCN(C(=O)[C@H](O)CS(=O)(=O)c4ccc5cc(Cl)ccc5c4)CC3)CN2C1. The lowest BCUT2D eigenvalue weighted by atomic mass is 10.0. The number of nitrogens with one attached hydrogen (secondary N) is 1. The highest BCUT2D eigenvalue weighted by Crippen LogP contribution is 2.30. The minimum absolute atomic E-state index is 0.0140. The molecule has 3 amide bonds. The van der Waals surface area contributed by atoms with Crippen LogP contribution in [0.4, 0.5) is 0 Å². The van der Waals surface area contributed by atoms with E-state index in [0.29, 0.717) is 67.2 Å². The van der Waals surface area contributed by atoms with E-state index in [0.717, 1.165) is 5.39 Å². The summed E-state index contributed by atoms with van der Waals surface area (Å²) >= 11 is 6.02. The van der Waals surface area contributed by atoms with Crippen LogP contribution in [0.3, 0.4) is 0 Å². The Morgan fingerprint density at radius 2 is 1.69 bits per heavy atom. The molecule has 3 aromatic rings. The van der Waals surface area contributed by atoms with Crippen molar-refractivity contribution in [2.24, 2.45) is 0 Å². The fraction of sp³-hybridized carbons (Fsp3) is 0.389. The van der Waals surface area contributed by atoms with Gasteiger partial charge in [0.25, 0.3) is 17.7 Å². The lowest BCUT2D eigenvalue weighted by molar-refractivity contribution is -0.147. The Kier molecular flexibility index (Phi) is 11.1. The van der Waals surface area contributed by atoms with Crippen molar-refractivity contribution in [2.45, 2.75) is 49.1 Å². The van der Waals surface area contributed by atoms with E-state index in [-0.39, 0.29) is 55.0 Å². The average Bonchev–Trinajstić information content (AvgIpc) is 3.68. The summed E-state index contributed by atoms with van der Waals surface area (Å²) in [7, 11) is -3.96. The largest absolute Gasteiger partial charge is 0.444 e. The first-order valence-corrected chi connectivity index (χ1v) is 18.9. The number of hydrogen-bond acceptors (Lipinski definition) is 10. The van der Waals surface area contributed by atoms with Gasteiger partial charge in [0.15, 0.2) is 16.6 Å². The van der Waals surface area contributed by atoms with Gasteiger partial charge in [0.1, 0.15) is 11.8 Å². The van der Waals surface area contributed by atoms with Gasteiger partial charge >= 0.3 is 5.97 Å². The van der Waals surface area contributed by atoms with Gasteiger partial charge in [-0.3, -0.25) is 19.2 Å². The normalized spacial score (nSPS) is 17.1. The van der Waals surface area contributed by atoms with Crippen LogP contribution in [0.2, 0.25) is 5.02 Å². The summed E-state index contributed by atoms with van der Waals surface area (Å²) in [6, 6.07) is 18.5. The Balaban J connectivity index is 0.902. The number of halogens is 1. The van der Waals surface area contributed by atoms with Gasteiger partial charge in [-0.25, -0.2) is 8.42 Å². The smallest absolute Gasteiger partial charge is 0.307 e. The molecule has 270 valence electrons. The summed E-state index contributed by atoms with van der Waals surface area (Å²) in [5.74, 6) is -2.04. The number of nitrogens with zero attached hydrogens (tertiary/aromatic N) is 4. The van der Waals surface area contributed by atoms with E-state index in [4.69, 9.17) is 16.3 Å². The maximum Gasteiger partial charge on any atom is 0.307 e. The predicted octanol–water partition coefficient (Wildman–Crippen LogP) is 2.94. The van der Waals surface area contributed by atoms with Crippen LogP contribution in [-0.2, 0) is 29.0 Å². The monoisotopic (exact) mass is 737 g/mol. The number of rotatable bonds is 13. The fourth-order valence-corrected chi connectivity index (χ4v) is 8.06. The first kappa shape index (κ1) is 36.1. The number of ether oxygens (including phenoxy) is 1. The molecular weight excluding hydrogens is 698 g/mol. The Labute approximate surface area is 301 Å². The van der Waals surface area contributed by atoms with Crippen molar-refractivity contribution in [2.75, 3.05) is 45.5 Å². The minimum atomic E-state index is -3.96. The highest BCUT2D eigenvalue weighted by Gasteiger charge is 2.42. The van der Waals surface area contributed by atoms with Gasteiger partial charge in [0.05, 0.1) is 24.0 Å². The van der Waals surface area contributed by atoms with Crippen LogP contribution in [0.5, 0.6) is 0 Å². The zero-order chi connectivity index (χ0) is 36.1. The van der Waals surface area contributed by atoms with Crippen molar-refractivity contribution in [1.29, 1.82) is 0 Å². The number of hydrogen-bond donors (Lipinski definition) is 2. The van der Waals surface area contributed by atoms with Crippen LogP contribution in [0, 0.1) is 0 Å². The molecule has 3 aromatic carbocycles. The van der Waals surface area contributed by atoms with E-state index in [1.165, 1.54) is 17.0 Å². The number of carbonyl (C=O) groups is 4. The number of piperidine rings is 1. The molecule has 0 saturated carbocycles. The molecule has 15 heteroatoms. The molecule has 2 fully saturated rings. The van der Waals surface area contributed by atoms with Crippen molar-refractivity contribution in [3.63, 3.8) is 0 Å². The number of aliphatic hydroxyl groups excluding tert-OH is 1. The first-order chi connectivity index (χ1) is 24.5. The lowest BCUT2D eigenvalue weighted by Gasteiger charge is -2.37. The molecule has 6 rings (SSSR count). The van der Waals surface area contributed by atoms with Crippen LogP contribution in [0.15, 0.2) is 83.5 Å². The maximum absolute atomic E-state index is 13.3. The molecule has 3 aliphatic heterocycles. The zero-order valence-electron chi connectivity index (χ0n) is 27.9. The van der Waals surface area contributed by atoms with Gasteiger partial charge in [-0.2, -0.15) is 0 Å². The molecule has 13 nitrogen and oxygen atoms in total. The molecular formula is C36H40ClN5O8S. The summed E-state index contributed by atoms with van der Waals surface area (Å²) in [5, 5.41) is 15.5. The van der Waals surface area contributed by atoms with E-state index in [1.807, 2.05) is 11.0 Å². The molecule has 0 aliphatic carbocycles. The molecule has 2 saturated heterocycles. The Morgan fingerprint density at radius 1 is 0.961 bits per heavy atom. The van der Waals surface area contributed by atoms with Crippen LogP contribution >= 0.6 is 11.6 Å². The number of likely N-dealkylation sites (tertiary alicyclic amines) is 1. The summed E-state index contributed by atoms with van der Waals surface area (Å²) in [4.78, 5) is 57.6. The van der Waals surface area contributed by atoms with Crippen LogP contribution in [-0.4, -0.2) is 114 Å². The molecule has 0 aromatic heterocycles. The third-order valence-electron chi connectivity index (χ3n) is 9.33. The van der Waals surface area contributed by atoms with Crippen LogP contribution < -0.4 is 5.32 Å². The number of benzene rings is 3. The number of sulfone groups is 1. The summed E-state index contributed by atoms with van der Waals surface area (Å²) < 4.78 is 31.5. The molecule has 3 heterocycles. The molecule has 0 radical (unpaired) electrons. The zero-order valence-corrected chi connectivity index (χ0v) is 29.5. The molecule has 0 bridgehead atoms. The third kappa shape index (κ3) is 8.63. The van der Waals surface area contributed by atoms with Gasteiger partial charge in [-0.1, -0.05) is 41.9 Å². The molecule has 51 heavy (non-hydrogen) atoms. The summed E-state index contributed by atoms with van der Waals surface area (Å²) in [6.45, 7) is 1.78. The predicted molar refractivity (Wildman–Crippen MR) is 189 cm³/mol. The van der Waals surface area contributed by atoms with E-state index in [2.05, 4.69) is 5.32 Å². The number of esters is 1. The minimum Gasteiger partial charge on any atom is -0.444 e. The Morgan fingerprint density at radius 3 is 2.43 bits per heavy atom. The van der Waals surface area contributed by atoms with Crippen molar-refractivity contribution in [3.8, 4) is 0 Å². The average molecular weight is 738 g/mol. The van der Waals surface area contributed by atoms with Gasteiger partial charge < -0.3 is 34.8 Å². The quantitative estimate of drug-likeness (QED) is 0.198. The van der Waals surface area contributed by atoms with Crippen LogP contribution in [0.1, 0.15) is 42.5 Å². The molecule has 0 spiro atoms. The van der Waals surface area contributed by atoms with Gasteiger partial charge in [-0.05, 0) is 72.9 Å². The molecule has 0 unspecified atom stereocenters. The van der Waals surface area contributed by atoms with Gasteiger partial charge in [0.2, 0.25) is 0 Å². The second-order valence-electron chi connectivity index (χ2n) is 12.9. The third-order valence-corrected chi connectivity index (χ3v) is 11.3. The second kappa shape index (κ2) is 15.7. The van der Waals surface area contributed by atoms with E-state index >= 15 is 0 Å². The number of carbonyl (C=O) groups excluding carboxylic acids is 4. The molecule has 1 atom stereocenters. The molecule has 3 aliphatic rings. The summed E-state index contributed by atoms with van der Waals surface area (Å²) in [6.07, 6.45) is 2.37. The highest BCUT2D eigenvalue weighted by atomic mass is 35.5. The highest BCUT2D eigenvalue weighted by molar-refractivity contribution is 7.91. The number of fused-ring (bicyclic) bond motifs is 2. The first-order valence-electron chi connectivity index (χ1n) is 16.9. The lowest BCUT2D eigenvalue weighted by Crippen LogP contribution is -2.51. The van der Waals surface area contributed by atoms with Crippen molar-refractivity contribution >= 4 is 55.9 Å². The van der Waals surface area contributed by atoms with E-state index in [9.17, 15) is 32.7 Å². The van der Waals surface area contributed by atoms with Gasteiger partial charge in [0, 0.05) is 48.9 Å². The van der Waals surface area contributed by atoms with E-state index in [1.54, 1.807) is 64.5 Å². The Bertz CT molecular complexity index is 1930. The second-order valence-corrected chi connectivity index (χ2v) is 15.4. The number of unbranched alkanes of at least 4 members (excludes halogenated alkanes) is 1. The van der Waals surface area contributed by atoms with Crippen molar-refractivity contribution in [3.05, 3.63) is 89.2 Å². The van der Waals surface area contributed by atoms with E-state index < -0.39 is 27.6 Å².